The highest BCUT2D eigenvalue weighted by Gasteiger charge is 2.10. The first-order chi connectivity index (χ1) is 10.6. The molecular formula is C16H21N3O2S. The van der Waals surface area contributed by atoms with Crippen molar-refractivity contribution in [2.24, 2.45) is 0 Å². The van der Waals surface area contributed by atoms with Crippen LogP contribution in [0, 0.1) is 6.92 Å². The van der Waals surface area contributed by atoms with Gasteiger partial charge in [-0.25, -0.2) is 0 Å². The van der Waals surface area contributed by atoms with Gasteiger partial charge < -0.3 is 9.84 Å². The van der Waals surface area contributed by atoms with Gasteiger partial charge in [-0.3, -0.25) is 4.79 Å². The van der Waals surface area contributed by atoms with Gasteiger partial charge in [-0.15, -0.1) is 11.8 Å². The number of aryl methyl sites for hydroxylation is 1. The van der Waals surface area contributed by atoms with E-state index in [9.17, 15) is 4.79 Å². The highest BCUT2D eigenvalue weighted by Crippen LogP contribution is 2.19. The Balaban J connectivity index is 1.82. The zero-order chi connectivity index (χ0) is 15.9. The van der Waals surface area contributed by atoms with E-state index in [2.05, 4.69) is 15.5 Å². The van der Waals surface area contributed by atoms with Crippen LogP contribution in [0.25, 0.3) is 11.5 Å². The monoisotopic (exact) mass is 319 g/mol. The van der Waals surface area contributed by atoms with Crippen LogP contribution in [0.3, 0.4) is 0 Å². The molecule has 22 heavy (non-hydrogen) atoms. The average molecular weight is 319 g/mol. The maximum atomic E-state index is 11.7. The molecule has 0 aliphatic carbocycles. The van der Waals surface area contributed by atoms with E-state index in [-0.39, 0.29) is 11.9 Å². The highest BCUT2D eigenvalue weighted by atomic mass is 32.2. The van der Waals surface area contributed by atoms with E-state index in [1.165, 1.54) is 17.3 Å². The first-order valence-corrected chi connectivity index (χ1v) is 8.50. The highest BCUT2D eigenvalue weighted by molar-refractivity contribution is 7.99. The van der Waals surface area contributed by atoms with E-state index in [1.807, 2.05) is 45.0 Å². The molecule has 1 aromatic heterocycles. The van der Waals surface area contributed by atoms with Crippen molar-refractivity contribution in [2.75, 3.05) is 5.75 Å². The van der Waals surface area contributed by atoms with Gasteiger partial charge in [0.05, 0.1) is 11.5 Å². The summed E-state index contributed by atoms with van der Waals surface area (Å²) >= 11 is 1.48. The third-order valence-corrected chi connectivity index (χ3v) is 4.18. The summed E-state index contributed by atoms with van der Waals surface area (Å²) in [5.41, 5.74) is 2.09. The van der Waals surface area contributed by atoms with E-state index in [0.29, 0.717) is 23.2 Å². The van der Waals surface area contributed by atoms with E-state index in [0.717, 1.165) is 12.0 Å². The molecule has 1 atom stereocenters. The number of hydrogen-bond donors (Lipinski definition) is 1. The van der Waals surface area contributed by atoms with Gasteiger partial charge >= 0.3 is 0 Å². The second kappa shape index (κ2) is 7.98. The molecule has 0 aliphatic rings. The molecule has 5 nitrogen and oxygen atoms in total. The Morgan fingerprint density at radius 1 is 1.36 bits per heavy atom. The Morgan fingerprint density at radius 3 is 2.77 bits per heavy atom. The first-order valence-electron chi connectivity index (χ1n) is 7.35. The summed E-state index contributed by atoms with van der Waals surface area (Å²) in [6.45, 7) is 6.07. The standard InChI is InChI=1S/C16H21N3O2S/c1-4-12(3)17-15(20)10-22-9-14-18-16(21-19-14)13-7-5-11(2)6-8-13/h5-8,12H,4,9-10H2,1-3H3,(H,17,20)/t12-/m0/s1. The zero-order valence-electron chi connectivity index (χ0n) is 13.1. The summed E-state index contributed by atoms with van der Waals surface area (Å²) in [4.78, 5) is 16.0. The van der Waals surface area contributed by atoms with Gasteiger partial charge in [-0.05, 0) is 32.4 Å². The summed E-state index contributed by atoms with van der Waals surface area (Å²) in [5, 5.41) is 6.88. The molecule has 0 spiro atoms. The Hall–Kier alpha value is -1.82. The number of hydrogen-bond acceptors (Lipinski definition) is 5. The normalized spacial score (nSPS) is 12.1. The van der Waals surface area contributed by atoms with Gasteiger partial charge in [0.1, 0.15) is 0 Å². The topological polar surface area (TPSA) is 68.0 Å². The molecule has 2 rings (SSSR count). The smallest absolute Gasteiger partial charge is 0.257 e. The minimum Gasteiger partial charge on any atom is -0.353 e. The number of rotatable bonds is 7. The van der Waals surface area contributed by atoms with Gasteiger partial charge in [-0.2, -0.15) is 4.98 Å². The molecule has 0 saturated carbocycles. The summed E-state index contributed by atoms with van der Waals surface area (Å²) in [6.07, 6.45) is 0.932. The van der Waals surface area contributed by atoms with Gasteiger partial charge in [-0.1, -0.05) is 29.8 Å². The number of carbonyl (C=O) groups is 1. The largest absolute Gasteiger partial charge is 0.353 e. The van der Waals surface area contributed by atoms with Gasteiger partial charge in [0.15, 0.2) is 5.82 Å². The molecule has 0 unspecified atom stereocenters. The summed E-state index contributed by atoms with van der Waals surface area (Å²) in [7, 11) is 0. The van der Waals surface area contributed by atoms with E-state index < -0.39 is 0 Å². The fourth-order valence-corrected chi connectivity index (χ4v) is 2.45. The van der Waals surface area contributed by atoms with E-state index >= 15 is 0 Å². The van der Waals surface area contributed by atoms with Crippen molar-refractivity contribution in [1.29, 1.82) is 0 Å². The molecule has 1 heterocycles. The number of nitrogens with zero attached hydrogens (tertiary/aromatic N) is 2. The average Bonchev–Trinajstić information content (AvgIpc) is 2.96. The second-order valence-electron chi connectivity index (χ2n) is 5.25. The van der Waals surface area contributed by atoms with Crippen molar-refractivity contribution in [3.8, 4) is 11.5 Å². The Kier molecular flexibility index (Phi) is 6.00. The van der Waals surface area contributed by atoms with Crippen LogP contribution in [0.2, 0.25) is 0 Å². The predicted octanol–water partition coefficient (Wildman–Crippen LogP) is 3.19. The lowest BCUT2D eigenvalue weighted by atomic mass is 10.1. The molecule has 2 aromatic rings. The summed E-state index contributed by atoms with van der Waals surface area (Å²) < 4.78 is 5.26. The fourth-order valence-electron chi connectivity index (χ4n) is 1.78. The van der Waals surface area contributed by atoms with E-state index in [4.69, 9.17) is 4.52 Å². The van der Waals surface area contributed by atoms with Crippen LogP contribution in [-0.4, -0.2) is 27.8 Å². The molecule has 1 N–H and O–H groups in total. The van der Waals surface area contributed by atoms with Gasteiger partial charge in [0.2, 0.25) is 5.91 Å². The number of carbonyl (C=O) groups excluding carboxylic acids is 1. The lowest BCUT2D eigenvalue weighted by Crippen LogP contribution is -2.33. The van der Waals surface area contributed by atoms with Crippen molar-refractivity contribution in [1.82, 2.24) is 15.5 Å². The molecule has 0 bridgehead atoms. The molecule has 1 amide bonds. The number of nitrogens with one attached hydrogen (secondary N) is 1. The van der Waals surface area contributed by atoms with Crippen LogP contribution in [0.15, 0.2) is 28.8 Å². The fraction of sp³-hybridized carbons (Fsp3) is 0.438. The number of amides is 1. The number of aromatic nitrogens is 2. The molecule has 118 valence electrons. The van der Waals surface area contributed by atoms with E-state index in [1.54, 1.807) is 0 Å². The summed E-state index contributed by atoms with van der Waals surface area (Å²) in [6, 6.07) is 8.14. The molecule has 0 aliphatic heterocycles. The van der Waals surface area contributed by atoms with Crippen LogP contribution < -0.4 is 5.32 Å². The summed E-state index contributed by atoms with van der Waals surface area (Å²) in [5.74, 6) is 2.13. The lowest BCUT2D eigenvalue weighted by molar-refractivity contribution is -0.119. The van der Waals surface area contributed by atoms with Crippen molar-refractivity contribution in [2.45, 2.75) is 39.0 Å². The third-order valence-electron chi connectivity index (χ3n) is 3.25. The molecule has 0 saturated heterocycles. The van der Waals surface area contributed by atoms with Crippen LogP contribution in [0.4, 0.5) is 0 Å². The van der Waals surface area contributed by atoms with Crippen LogP contribution in [-0.2, 0) is 10.5 Å². The van der Waals surface area contributed by atoms with Crippen molar-refractivity contribution >= 4 is 17.7 Å². The number of benzene rings is 1. The quantitative estimate of drug-likeness (QED) is 0.849. The van der Waals surface area contributed by atoms with Crippen LogP contribution >= 0.6 is 11.8 Å². The minimum atomic E-state index is 0.0432. The van der Waals surface area contributed by atoms with Crippen molar-refractivity contribution in [3.63, 3.8) is 0 Å². The maximum absolute atomic E-state index is 11.7. The molecule has 0 fully saturated rings. The Bertz CT molecular complexity index is 610. The van der Waals surface area contributed by atoms with Crippen LogP contribution in [0.1, 0.15) is 31.7 Å². The Labute approximate surface area is 134 Å². The number of thioether (sulfide) groups is 1. The Morgan fingerprint density at radius 2 is 2.09 bits per heavy atom. The SMILES string of the molecule is CC[C@H](C)NC(=O)CSCc1noc(-c2ccc(C)cc2)n1. The zero-order valence-corrected chi connectivity index (χ0v) is 13.9. The molecule has 1 aromatic carbocycles. The van der Waals surface area contributed by atoms with Gasteiger partial charge in [0, 0.05) is 11.6 Å². The predicted molar refractivity (Wildman–Crippen MR) is 88.5 cm³/mol. The van der Waals surface area contributed by atoms with Gasteiger partial charge in [0.25, 0.3) is 5.89 Å². The molecular weight excluding hydrogens is 298 g/mol. The van der Waals surface area contributed by atoms with Crippen LogP contribution in [0.5, 0.6) is 0 Å². The third kappa shape index (κ3) is 4.87. The lowest BCUT2D eigenvalue weighted by Gasteiger charge is -2.10. The second-order valence-corrected chi connectivity index (χ2v) is 6.24. The van der Waals surface area contributed by atoms with Crippen molar-refractivity contribution < 1.29 is 9.32 Å². The van der Waals surface area contributed by atoms with Crippen molar-refractivity contribution in [3.05, 3.63) is 35.7 Å². The minimum absolute atomic E-state index is 0.0432. The molecule has 0 radical (unpaired) electrons. The molecule has 6 heteroatoms. The first kappa shape index (κ1) is 16.5. The maximum Gasteiger partial charge on any atom is 0.257 e.